The lowest BCUT2D eigenvalue weighted by Crippen LogP contribution is -2.51. The van der Waals surface area contributed by atoms with Crippen molar-refractivity contribution in [2.75, 3.05) is 13.2 Å². The molecule has 0 aromatic carbocycles. The molecule has 13 nitrogen and oxygen atoms in total. The van der Waals surface area contributed by atoms with E-state index in [1.54, 1.807) is 40.1 Å². The van der Waals surface area contributed by atoms with Crippen molar-refractivity contribution < 1.29 is 32.5 Å². The number of fused-ring (bicyclic) bond motifs is 1. The molecule has 5 rings (SSSR count). The molecule has 2 fully saturated rings. The van der Waals surface area contributed by atoms with Crippen LogP contribution < -0.4 is 10.6 Å². The fourth-order valence-corrected chi connectivity index (χ4v) is 5.31. The molecule has 1 atom stereocenters. The standard InChI is InChI=1S/C26H34F2N8O5/c1-15-19(35-41-34-15)21(37)32-20(16-5-7-26(27,28)8-6-16)17-14-36-22(30-17)31-18(13-29-36)25(9-11-39-12-10-25)33-23(38)40-24(2,3)4/h13-14,16,20H,5-12H2,1-4H3,(H,32,37)(H,33,38)/t20-/m0/s1. The molecule has 2 aliphatic rings. The van der Waals surface area contributed by atoms with Gasteiger partial charge < -0.3 is 20.1 Å². The van der Waals surface area contributed by atoms with Crippen LogP contribution >= 0.6 is 0 Å². The number of carbonyl (C=O) groups is 2. The first-order chi connectivity index (χ1) is 19.3. The number of nitrogens with zero attached hydrogens (tertiary/aromatic N) is 6. The van der Waals surface area contributed by atoms with E-state index in [0.29, 0.717) is 43.1 Å². The zero-order chi connectivity index (χ0) is 29.4. The second-order valence-electron chi connectivity index (χ2n) is 11.7. The molecular formula is C26H34F2N8O5. The number of alkyl halides is 2. The number of aryl methyl sites for hydroxylation is 1. The van der Waals surface area contributed by atoms with Crippen LogP contribution in [0.1, 0.15) is 92.9 Å². The highest BCUT2D eigenvalue weighted by Crippen LogP contribution is 2.41. The molecule has 41 heavy (non-hydrogen) atoms. The Morgan fingerprint density at radius 2 is 1.83 bits per heavy atom. The molecule has 0 bridgehead atoms. The van der Waals surface area contributed by atoms with Crippen LogP contribution in [0.2, 0.25) is 0 Å². The van der Waals surface area contributed by atoms with Gasteiger partial charge in [0.15, 0.2) is 5.69 Å². The van der Waals surface area contributed by atoms with E-state index in [4.69, 9.17) is 14.5 Å². The first-order valence-electron chi connectivity index (χ1n) is 13.6. The van der Waals surface area contributed by atoms with Gasteiger partial charge in [0.05, 0.1) is 35.4 Å². The number of nitrogens with one attached hydrogen (secondary N) is 2. The molecule has 2 amide bonds. The monoisotopic (exact) mass is 576 g/mol. The number of carbonyl (C=O) groups excluding carboxylic acids is 2. The van der Waals surface area contributed by atoms with Crippen LogP contribution in [0.25, 0.3) is 5.78 Å². The molecule has 222 valence electrons. The van der Waals surface area contributed by atoms with E-state index in [-0.39, 0.29) is 43.1 Å². The molecule has 3 aromatic rings. The molecule has 0 radical (unpaired) electrons. The van der Waals surface area contributed by atoms with Crippen LogP contribution in [0.15, 0.2) is 17.0 Å². The van der Waals surface area contributed by atoms with Crippen molar-refractivity contribution in [3.63, 3.8) is 0 Å². The van der Waals surface area contributed by atoms with Gasteiger partial charge in [-0.05, 0) is 64.5 Å². The van der Waals surface area contributed by atoms with Crippen LogP contribution in [0.3, 0.4) is 0 Å². The van der Waals surface area contributed by atoms with Crippen LogP contribution in [0, 0.1) is 12.8 Å². The summed E-state index contributed by atoms with van der Waals surface area (Å²) in [7, 11) is 0. The predicted molar refractivity (Wildman–Crippen MR) is 138 cm³/mol. The Morgan fingerprint density at radius 3 is 2.46 bits per heavy atom. The van der Waals surface area contributed by atoms with Crippen molar-refractivity contribution in [1.82, 2.24) is 40.5 Å². The maximum atomic E-state index is 14.0. The Bertz CT molecular complexity index is 1400. The Hall–Kier alpha value is -3.75. The summed E-state index contributed by atoms with van der Waals surface area (Å²) in [4.78, 5) is 35.2. The van der Waals surface area contributed by atoms with Crippen molar-refractivity contribution in [1.29, 1.82) is 0 Å². The van der Waals surface area contributed by atoms with Gasteiger partial charge in [0.25, 0.3) is 11.7 Å². The first-order valence-corrected chi connectivity index (χ1v) is 13.6. The number of ether oxygens (including phenoxy) is 2. The van der Waals surface area contributed by atoms with Gasteiger partial charge in [-0.15, -0.1) is 0 Å². The summed E-state index contributed by atoms with van der Waals surface area (Å²) in [6, 6.07) is -0.710. The number of hydrogen-bond donors (Lipinski definition) is 2. The van der Waals surface area contributed by atoms with Crippen molar-refractivity contribution >= 4 is 17.8 Å². The molecular weight excluding hydrogens is 542 g/mol. The van der Waals surface area contributed by atoms with Crippen molar-refractivity contribution in [2.24, 2.45) is 5.92 Å². The molecule has 1 saturated carbocycles. The van der Waals surface area contributed by atoms with Gasteiger partial charge in [0, 0.05) is 26.1 Å². The molecule has 1 aliphatic heterocycles. The molecule has 2 N–H and O–H groups in total. The van der Waals surface area contributed by atoms with Crippen molar-refractivity contribution in [2.45, 2.75) is 89.3 Å². The number of hydrogen-bond acceptors (Lipinski definition) is 10. The zero-order valence-corrected chi connectivity index (χ0v) is 23.4. The van der Waals surface area contributed by atoms with Crippen molar-refractivity contribution in [3.8, 4) is 0 Å². The third-order valence-electron chi connectivity index (χ3n) is 7.50. The Balaban J connectivity index is 1.46. The fraction of sp³-hybridized carbons (Fsp3) is 0.654. The van der Waals surface area contributed by atoms with Crippen LogP contribution in [-0.4, -0.2) is 66.6 Å². The van der Waals surface area contributed by atoms with E-state index in [2.05, 4.69) is 35.7 Å². The van der Waals surface area contributed by atoms with Crippen LogP contribution in [0.5, 0.6) is 0 Å². The quantitative estimate of drug-likeness (QED) is 0.444. The molecule has 4 heterocycles. The largest absolute Gasteiger partial charge is 0.444 e. The number of rotatable bonds is 6. The summed E-state index contributed by atoms with van der Waals surface area (Å²) >= 11 is 0. The number of amides is 2. The topological polar surface area (TPSA) is 159 Å². The second kappa shape index (κ2) is 10.9. The highest BCUT2D eigenvalue weighted by Gasteiger charge is 2.41. The minimum Gasteiger partial charge on any atom is -0.444 e. The smallest absolute Gasteiger partial charge is 0.408 e. The average Bonchev–Trinajstić information content (AvgIpc) is 3.52. The maximum Gasteiger partial charge on any atom is 0.408 e. The molecule has 3 aromatic heterocycles. The van der Waals surface area contributed by atoms with E-state index < -0.39 is 35.1 Å². The van der Waals surface area contributed by atoms with E-state index in [1.807, 2.05) is 0 Å². The Labute approximate surface area is 234 Å². The van der Waals surface area contributed by atoms with Gasteiger partial charge in [-0.3, -0.25) is 4.79 Å². The summed E-state index contributed by atoms with van der Waals surface area (Å²) in [5, 5.41) is 17.7. The number of aromatic nitrogens is 6. The molecule has 1 saturated heterocycles. The van der Waals surface area contributed by atoms with Gasteiger partial charge in [0.2, 0.25) is 5.92 Å². The number of alkyl carbamates (subject to hydrolysis) is 1. The molecule has 1 aliphatic carbocycles. The highest BCUT2D eigenvalue weighted by atomic mass is 19.3. The molecule has 0 spiro atoms. The lowest BCUT2D eigenvalue weighted by atomic mass is 9.81. The second-order valence-corrected chi connectivity index (χ2v) is 11.7. The minimum absolute atomic E-state index is 0.00752. The van der Waals surface area contributed by atoms with E-state index in [0.717, 1.165) is 0 Å². The minimum atomic E-state index is -2.74. The van der Waals surface area contributed by atoms with Gasteiger partial charge >= 0.3 is 6.09 Å². The summed E-state index contributed by atoms with van der Waals surface area (Å²) in [5.41, 5.74) is -0.361. The van der Waals surface area contributed by atoms with Gasteiger partial charge in [-0.2, -0.15) is 5.10 Å². The Morgan fingerprint density at radius 1 is 1.12 bits per heavy atom. The third-order valence-corrected chi connectivity index (χ3v) is 7.50. The zero-order valence-electron chi connectivity index (χ0n) is 23.4. The highest BCUT2D eigenvalue weighted by molar-refractivity contribution is 5.93. The summed E-state index contributed by atoms with van der Waals surface area (Å²) in [6.45, 7) is 7.73. The summed E-state index contributed by atoms with van der Waals surface area (Å²) < 4.78 is 45.1. The molecule has 0 unspecified atom stereocenters. The van der Waals surface area contributed by atoms with Crippen LogP contribution in [-0.2, 0) is 15.0 Å². The lowest BCUT2D eigenvalue weighted by molar-refractivity contribution is -0.0495. The fourth-order valence-electron chi connectivity index (χ4n) is 5.31. The molecule has 15 heteroatoms. The van der Waals surface area contributed by atoms with Crippen LogP contribution in [0.4, 0.5) is 13.6 Å². The maximum absolute atomic E-state index is 14.0. The number of imidazole rings is 1. The summed E-state index contributed by atoms with van der Waals surface area (Å²) in [5.74, 6) is -3.37. The third kappa shape index (κ3) is 6.44. The summed E-state index contributed by atoms with van der Waals surface area (Å²) in [6.07, 6.45) is 3.30. The van der Waals surface area contributed by atoms with E-state index >= 15 is 0 Å². The number of halogens is 2. The average molecular weight is 577 g/mol. The lowest BCUT2D eigenvalue weighted by Gasteiger charge is -2.37. The van der Waals surface area contributed by atoms with Gasteiger partial charge in [-0.1, -0.05) is 5.16 Å². The van der Waals surface area contributed by atoms with E-state index in [1.165, 1.54) is 4.52 Å². The van der Waals surface area contributed by atoms with Gasteiger partial charge in [0.1, 0.15) is 11.3 Å². The van der Waals surface area contributed by atoms with E-state index in [9.17, 15) is 18.4 Å². The SMILES string of the molecule is Cc1nonc1C(=O)N[C@H](c1cn2ncc(C3(NC(=O)OC(C)(C)C)CCOCC3)nc2n1)C1CCC(F)(F)CC1. The van der Waals surface area contributed by atoms with Gasteiger partial charge in [-0.25, -0.2) is 32.7 Å². The normalized spacial score (nSPS) is 20.0. The first kappa shape index (κ1) is 28.8. The Kier molecular flexibility index (Phi) is 7.66. The van der Waals surface area contributed by atoms with Crippen molar-refractivity contribution in [3.05, 3.63) is 35.2 Å². The predicted octanol–water partition coefficient (Wildman–Crippen LogP) is 3.64.